The van der Waals surface area contributed by atoms with Gasteiger partial charge in [-0.3, -0.25) is 0 Å². The van der Waals surface area contributed by atoms with Crippen LogP contribution in [0.1, 0.15) is 0 Å². The fraction of sp³-hybridized carbons (Fsp3) is 0. The van der Waals surface area contributed by atoms with Gasteiger partial charge in [0.25, 0.3) is 0 Å². The number of benzene rings is 7. The highest BCUT2D eigenvalue weighted by Crippen LogP contribution is 2.42. The third-order valence-corrected chi connectivity index (χ3v) is 8.42. The molecule has 2 nitrogen and oxygen atoms in total. The average molecular weight is 522 g/mol. The van der Waals surface area contributed by atoms with Crippen molar-refractivity contribution in [1.82, 2.24) is 4.98 Å². The van der Waals surface area contributed by atoms with Crippen molar-refractivity contribution in [3.8, 4) is 22.4 Å². The standard InChI is InChI=1S/C39H23NO/c1-2-13-27-25(10-1)23-34(29-15-4-3-14-28(27)29)24-11-9-12-26(22-24)38-33-21-20-31-30-16-6-8-19-36(30)41-39(31)37(33)32-17-5-7-18-35(32)40-38/h1-23H. The minimum atomic E-state index is 0.905. The second kappa shape index (κ2) is 8.51. The number of para-hydroxylation sites is 2. The lowest BCUT2D eigenvalue weighted by atomic mass is 9.91. The summed E-state index contributed by atoms with van der Waals surface area (Å²) in [6.07, 6.45) is 0. The summed E-state index contributed by atoms with van der Waals surface area (Å²) in [6, 6.07) is 49.5. The van der Waals surface area contributed by atoms with E-state index in [2.05, 4.69) is 127 Å². The Kier molecular flexibility index (Phi) is 4.64. The summed E-state index contributed by atoms with van der Waals surface area (Å²) < 4.78 is 6.52. The van der Waals surface area contributed by atoms with E-state index in [1.165, 1.54) is 32.7 Å². The Labute approximate surface area is 236 Å². The molecule has 9 rings (SSSR count). The molecule has 0 radical (unpaired) electrons. The quantitative estimate of drug-likeness (QED) is 0.211. The van der Waals surface area contributed by atoms with Gasteiger partial charge in [0.2, 0.25) is 0 Å². The molecule has 2 heteroatoms. The van der Waals surface area contributed by atoms with Gasteiger partial charge in [0.15, 0.2) is 0 Å². The average Bonchev–Trinajstić information content (AvgIpc) is 3.43. The maximum Gasteiger partial charge on any atom is 0.144 e. The molecule has 190 valence electrons. The fourth-order valence-corrected chi connectivity index (χ4v) is 6.56. The summed E-state index contributed by atoms with van der Waals surface area (Å²) in [5.41, 5.74) is 7.25. The SMILES string of the molecule is c1cc(-c2cc3ccccc3c3ccccc23)cc(-c2nc3ccccc3c3c2ccc2c4ccccc4oc23)c1. The third kappa shape index (κ3) is 3.28. The predicted molar refractivity (Wildman–Crippen MR) is 172 cm³/mol. The fourth-order valence-electron chi connectivity index (χ4n) is 6.56. The number of rotatable bonds is 2. The third-order valence-electron chi connectivity index (χ3n) is 8.42. The van der Waals surface area contributed by atoms with Crippen molar-refractivity contribution in [2.45, 2.75) is 0 Å². The maximum atomic E-state index is 6.52. The summed E-state index contributed by atoms with van der Waals surface area (Å²) >= 11 is 0. The van der Waals surface area contributed by atoms with Crippen molar-refractivity contribution < 1.29 is 4.42 Å². The van der Waals surface area contributed by atoms with E-state index in [1.54, 1.807) is 0 Å². The molecule has 0 aliphatic heterocycles. The van der Waals surface area contributed by atoms with Crippen molar-refractivity contribution in [1.29, 1.82) is 0 Å². The van der Waals surface area contributed by atoms with Gasteiger partial charge in [0.05, 0.1) is 11.2 Å². The van der Waals surface area contributed by atoms with E-state index in [0.717, 1.165) is 54.9 Å². The summed E-state index contributed by atoms with van der Waals surface area (Å²) in [5, 5.41) is 10.6. The molecule has 0 aliphatic carbocycles. The van der Waals surface area contributed by atoms with Gasteiger partial charge in [0.1, 0.15) is 11.2 Å². The van der Waals surface area contributed by atoms with Crippen molar-refractivity contribution >= 4 is 65.2 Å². The molecule has 0 saturated heterocycles. The second-order valence-corrected chi connectivity index (χ2v) is 10.7. The molecule has 0 bridgehead atoms. The number of nitrogens with zero attached hydrogens (tertiary/aromatic N) is 1. The molecular weight excluding hydrogens is 498 g/mol. The van der Waals surface area contributed by atoms with Gasteiger partial charge in [-0.1, -0.05) is 109 Å². The summed E-state index contributed by atoms with van der Waals surface area (Å²) in [4.78, 5) is 5.24. The summed E-state index contributed by atoms with van der Waals surface area (Å²) in [5.74, 6) is 0. The van der Waals surface area contributed by atoms with Crippen LogP contribution in [0.25, 0.3) is 87.5 Å². The summed E-state index contributed by atoms with van der Waals surface area (Å²) in [6.45, 7) is 0. The molecule has 0 fully saturated rings. The Bertz CT molecular complexity index is 2480. The lowest BCUT2D eigenvalue weighted by Crippen LogP contribution is -1.91. The van der Waals surface area contributed by atoms with Gasteiger partial charge >= 0.3 is 0 Å². The van der Waals surface area contributed by atoms with Gasteiger partial charge in [-0.05, 0) is 63.0 Å². The van der Waals surface area contributed by atoms with Crippen LogP contribution in [0.3, 0.4) is 0 Å². The van der Waals surface area contributed by atoms with E-state index in [4.69, 9.17) is 9.40 Å². The molecule has 2 aromatic heterocycles. The number of furan rings is 1. The van der Waals surface area contributed by atoms with Crippen LogP contribution in [0.4, 0.5) is 0 Å². The van der Waals surface area contributed by atoms with E-state index in [-0.39, 0.29) is 0 Å². The predicted octanol–water partition coefficient (Wildman–Crippen LogP) is 10.9. The molecule has 0 saturated carbocycles. The number of fused-ring (bicyclic) bond motifs is 10. The number of hydrogen-bond acceptors (Lipinski definition) is 2. The van der Waals surface area contributed by atoms with Gasteiger partial charge in [0, 0.05) is 32.5 Å². The molecule has 0 aliphatic rings. The van der Waals surface area contributed by atoms with Crippen LogP contribution in [0, 0.1) is 0 Å². The lowest BCUT2D eigenvalue weighted by molar-refractivity contribution is 0.673. The van der Waals surface area contributed by atoms with Crippen LogP contribution in [0.15, 0.2) is 144 Å². The Balaban J connectivity index is 1.35. The van der Waals surface area contributed by atoms with E-state index >= 15 is 0 Å². The van der Waals surface area contributed by atoms with Crippen LogP contribution in [-0.2, 0) is 0 Å². The van der Waals surface area contributed by atoms with Gasteiger partial charge in [-0.2, -0.15) is 0 Å². The zero-order chi connectivity index (χ0) is 26.9. The highest BCUT2D eigenvalue weighted by atomic mass is 16.3. The molecular formula is C39H23NO. The van der Waals surface area contributed by atoms with Gasteiger partial charge in [-0.15, -0.1) is 0 Å². The Morgan fingerprint density at radius 1 is 0.439 bits per heavy atom. The molecule has 0 N–H and O–H groups in total. The first kappa shape index (κ1) is 22.4. The van der Waals surface area contributed by atoms with Gasteiger partial charge in [-0.25, -0.2) is 4.98 Å². The maximum absolute atomic E-state index is 6.52. The monoisotopic (exact) mass is 521 g/mol. The number of hydrogen-bond donors (Lipinski definition) is 0. The van der Waals surface area contributed by atoms with Crippen LogP contribution < -0.4 is 0 Å². The van der Waals surface area contributed by atoms with Crippen molar-refractivity contribution in [2.24, 2.45) is 0 Å². The summed E-state index contributed by atoms with van der Waals surface area (Å²) in [7, 11) is 0. The first-order valence-corrected chi connectivity index (χ1v) is 14.0. The minimum absolute atomic E-state index is 0.905. The molecule has 9 aromatic rings. The van der Waals surface area contributed by atoms with Crippen LogP contribution in [0.2, 0.25) is 0 Å². The zero-order valence-electron chi connectivity index (χ0n) is 22.1. The van der Waals surface area contributed by atoms with E-state index in [0.29, 0.717) is 0 Å². The normalized spacial score (nSPS) is 11.9. The Morgan fingerprint density at radius 3 is 2.02 bits per heavy atom. The molecule has 7 aromatic carbocycles. The number of aromatic nitrogens is 1. The first-order valence-electron chi connectivity index (χ1n) is 14.0. The molecule has 41 heavy (non-hydrogen) atoms. The van der Waals surface area contributed by atoms with Crippen molar-refractivity contribution in [3.05, 3.63) is 140 Å². The first-order chi connectivity index (χ1) is 20.3. The zero-order valence-corrected chi connectivity index (χ0v) is 22.1. The van der Waals surface area contributed by atoms with E-state index in [1.807, 2.05) is 12.1 Å². The molecule has 2 heterocycles. The smallest absolute Gasteiger partial charge is 0.144 e. The van der Waals surface area contributed by atoms with Crippen molar-refractivity contribution in [3.63, 3.8) is 0 Å². The topological polar surface area (TPSA) is 26.0 Å². The molecule has 0 unspecified atom stereocenters. The van der Waals surface area contributed by atoms with Crippen molar-refractivity contribution in [2.75, 3.05) is 0 Å². The second-order valence-electron chi connectivity index (χ2n) is 10.7. The van der Waals surface area contributed by atoms with Crippen LogP contribution in [0.5, 0.6) is 0 Å². The molecule has 0 atom stereocenters. The molecule has 0 spiro atoms. The number of pyridine rings is 1. The minimum Gasteiger partial charge on any atom is -0.455 e. The Hall–Kier alpha value is -5.47. The lowest BCUT2D eigenvalue weighted by Gasteiger charge is -2.14. The van der Waals surface area contributed by atoms with Crippen LogP contribution >= 0.6 is 0 Å². The highest BCUT2D eigenvalue weighted by Gasteiger charge is 2.18. The largest absolute Gasteiger partial charge is 0.455 e. The van der Waals surface area contributed by atoms with Gasteiger partial charge < -0.3 is 4.42 Å². The highest BCUT2D eigenvalue weighted by molar-refractivity contribution is 6.24. The molecule has 0 amide bonds. The Morgan fingerprint density at radius 2 is 1.12 bits per heavy atom. The van der Waals surface area contributed by atoms with Crippen LogP contribution in [-0.4, -0.2) is 4.98 Å². The van der Waals surface area contributed by atoms with E-state index in [9.17, 15) is 0 Å². The van der Waals surface area contributed by atoms with E-state index < -0.39 is 0 Å².